The van der Waals surface area contributed by atoms with Crippen molar-refractivity contribution in [2.45, 2.75) is 146 Å². The van der Waals surface area contributed by atoms with E-state index in [0.29, 0.717) is 16.7 Å². The van der Waals surface area contributed by atoms with Gasteiger partial charge in [0.1, 0.15) is 5.60 Å². The minimum Gasteiger partial charge on any atom is -0.460 e. The van der Waals surface area contributed by atoms with E-state index in [2.05, 4.69) is 83.1 Å². The van der Waals surface area contributed by atoms with Gasteiger partial charge < -0.3 is 4.74 Å². The summed E-state index contributed by atoms with van der Waals surface area (Å²) in [5, 5.41) is 0. The lowest BCUT2D eigenvalue weighted by molar-refractivity contribution is -0.405. The Morgan fingerprint density at radius 2 is 1.24 bits per heavy atom. The summed E-state index contributed by atoms with van der Waals surface area (Å²) in [6, 6.07) is 0. The van der Waals surface area contributed by atoms with Gasteiger partial charge in [0.05, 0.1) is 5.41 Å². The number of hydrogen-bond donors (Lipinski definition) is 0. The van der Waals surface area contributed by atoms with Crippen molar-refractivity contribution in [3.63, 3.8) is 0 Å². The summed E-state index contributed by atoms with van der Waals surface area (Å²) in [6.45, 7) is 29.6. The summed E-state index contributed by atoms with van der Waals surface area (Å²) in [5.41, 5.74) is 0.521. The van der Waals surface area contributed by atoms with Gasteiger partial charge in [-0.25, -0.2) is 0 Å². The molecule has 0 aromatic heterocycles. The van der Waals surface area contributed by atoms with Gasteiger partial charge in [0.15, 0.2) is 0 Å². The molecule has 37 heavy (non-hydrogen) atoms. The van der Waals surface area contributed by atoms with E-state index in [1.54, 1.807) is 0 Å². The highest BCUT2D eigenvalue weighted by Crippen LogP contribution is 2.92. The Kier molecular flexibility index (Phi) is 4.94. The Morgan fingerprint density at radius 1 is 0.703 bits per heavy atom. The van der Waals surface area contributed by atoms with Gasteiger partial charge in [-0.1, -0.05) is 62.3 Å². The number of carbonyl (C=O) groups is 1. The Labute approximate surface area is 228 Å². The molecule has 9 fully saturated rings. The van der Waals surface area contributed by atoms with Crippen molar-refractivity contribution in [1.82, 2.24) is 0 Å². The highest BCUT2D eigenvalue weighted by molar-refractivity contribution is 5.82. The van der Waals surface area contributed by atoms with Gasteiger partial charge in [0, 0.05) is 0 Å². The molecular weight excluding hydrogens is 452 g/mol. The molecule has 9 aliphatic rings. The van der Waals surface area contributed by atoms with Crippen LogP contribution in [-0.4, -0.2) is 11.6 Å². The maximum atomic E-state index is 14.6. The highest BCUT2D eigenvalue weighted by atomic mass is 16.6. The van der Waals surface area contributed by atoms with Crippen molar-refractivity contribution in [2.75, 3.05) is 0 Å². The van der Waals surface area contributed by atoms with Crippen LogP contribution in [0.2, 0.25) is 0 Å². The van der Waals surface area contributed by atoms with Crippen LogP contribution in [0.1, 0.15) is 141 Å². The first-order chi connectivity index (χ1) is 16.7. The monoisotopic (exact) mass is 510 g/mol. The number of esters is 1. The van der Waals surface area contributed by atoms with E-state index >= 15 is 0 Å². The lowest BCUT2D eigenvalue weighted by Crippen LogP contribution is -2.84. The van der Waals surface area contributed by atoms with Crippen molar-refractivity contribution in [1.29, 1.82) is 0 Å². The minimum atomic E-state index is -0.448. The van der Waals surface area contributed by atoms with Gasteiger partial charge in [-0.05, 0) is 140 Å². The fourth-order valence-electron chi connectivity index (χ4n) is 14.1. The number of hydrogen-bond acceptors (Lipinski definition) is 2. The maximum Gasteiger partial charge on any atom is 0.313 e. The molecule has 0 saturated heterocycles. The zero-order chi connectivity index (χ0) is 27.5. The summed E-state index contributed by atoms with van der Waals surface area (Å²) < 4.78 is 6.43. The molecule has 2 nitrogen and oxygen atoms in total. The second kappa shape index (κ2) is 6.84. The van der Waals surface area contributed by atoms with Gasteiger partial charge >= 0.3 is 5.97 Å². The Bertz CT molecular complexity index is 1030. The zero-order valence-electron chi connectivity index (χ0n) is 26.5. The van der Waals surface area contributed by atoms with Crippen molar-refractivity contribution in [3.05, 3.63) is 0 Å². The third-order valence-electron chi connectivity index (χ3n) is 16.4. The van der Waals surface area contributed by atoms with Crippen LogP contribution in [-0.2, 0) is 9.53 Å². The van der Waals surface area contributed by atoms with Gasteiger partial charge in [-0.15, -0.1) is 0 Å². The Balaban J connectivity index is 1.56. The molecule has 6 bridgehead atoms. The number of rotatable bonds is 3. The van der Waals surface area contributed by atoms with E-state index in [1.807, 2.05) is 0 Å². The Morgan fingerprint density at radius 3 is 1.73 bits per heavy atom. The summed E-state index contributed by atoms with van der Waals surface area (Å²) >= 11 is 0. The molecule has 0 heterocycles. The van der Waals surface area contributed by atoms with Gasteiger partial charge in [0.2, 0.25) is 0 Å². The van der Waals surface area contributed by atoms with Crippen LogP contribution >= 0.6 is 0 Å². The van der Waals surface area contributed by atoms with Crippen LogP contribution < -0.4 is 0 Å². The lowest BCUT2D eigenvalue weighted by Gasteiger charge is -2.88. The van der Waals surface area contributed by atoms with E-state index in [1.165, 1.54) is 51.4 Å². The number of fused-ring (bicyclic) bond motifs is 7. The third kappa shape index (κ3) is 2.48. The van der Waals surface area contributed by atoms with Crippen LogP contribution in [0.3, 0.4) is 0 Å². The molecule has 0 aromatic rings. The molecule has 9 unspecified atom stereocenters. The van der Waals surface area contributed by atoms with Crippen molar-refractivity contribution >= 4 is 5.97 Å². The molecule has 0 N–H and O–H groups in total. The molecule has 9 aliphatic carbocycles. The van der Waals surface area contributed by atoms with Crippen LogP contribution in [0.15, 0.2) is 0 Å². The predicted molar refractivity (Wildman–Crippen MR) is 152 cm³/mol. The smallest absolute Gasteiger partial charge is 0.313 e. The quantitative estimate of drug-likeness (QED) is 0.353. The first-order valence-electron chi connectivity index (χ1n) is 15.9. The summed E-state index contributed by atoms with van der Waals surface area (Å²) in [6.07, 6.45) is 11.8. The average molecular weight is 511 g/mol. The molecule has 0 spiro atoms. The number of ether oxygens (including phenoxy) is 1. The SMILES string of the molecule is CC(C)(C)OC(=O)C12CC(CCC1(C)C13CC(CCC1(C)C1(C)CCC4CC1C4(C)C)C3(C)C)C2(C)C. The van der Waals surface area contributed by atoms with Gasteiger partial charge in [0.25, 0.3) is 0 Å². The van der Waals surface area contributed by atoms with Gasteiger partial charge in [-0.2, -0.15) is 0 Å². The maximum absolute atomic E-state index is 14.6. The predicted octanol–water partition coefficient (Wildman–Crippen LogP) is 9.46. The normalized spacial score (nSPS) is 54.3. The number of carbonyl (C=O) groups excluding carboxylic acids is 1. The van der Waals surface area contributed by atoms with E-state index in [4.69, 9.17) is 4.74 Å². The topological polar surface area (TPSA) is 26.3 Å². The lowest BCUT2D eigenvalue weighted by atomic mass is 9.15. The first kappa shape index (κ1) is 26.7. The summed E-state index contributed by atoms with van der Waals surface area (Å²) in [5.74, 6) is 3.29. The zero-order valence-corrected chi connectivity index (χ0v) is 26.5. The largest absolute Gasteiger partial charge is 0.460 e. The molecule has 9 rings (SSSR count). The minimum absolute atomic E-state index is 0.00902. The second-order valence-corrected chi connectivity index (χ2v) is 18.6. The Hall–Kier alpha value is -0.530. The molecule has 0 amide bonds. The van der Waals surface area contributed by atoms with E-state index in [0.717, 1.165) is 24.2 Å². The van der Waals surface area contributed by atoms with Crippen LogP contribution in [0, 0.1) is 67.0 Å². The first-order valence-corrected chi connectivity index (χ1v) is 15.9. The standard InChI is InChI=1S/C35H58O2/c1-27(2,3)37-26(36)34-20-23(29(34,6)7)15-18-33(34,12)35-21-24(30(35,8)9)14-17-32(35,11)31(10)16-13-22-19-25(31)28(22,4)5/h22-25H,13-21H2,1-12H3. The van der Waals surface area contributed by atoms with Crippen molar-refractivity contribution in [3.8, 4) is 0 Å². The fourth-order valence-corrected chi connectivity index (χ4v) is 14.1. The van der Waals surface area contributed by atoms with Crippen molar-refractivity contribution in [2.24, 2.45) is 67.0 Å². The molecule has 0 aliphatic heterocycles. The molecule has 0 radical (unpaired) electrons. The summed E-state index contributed by atoms with van der Waals surface area (Å²) in [4.78, 5) is 14.6. The average Bonchev–Trinajstić information content (AvgIpc) is 2.76. The van der Waals surface area contributed by atoms with Crippen LogP contribution in [0.25, 0.3) is 0 Å². The van der Waals surface area contributed by atoms with Crippen LogP contribution in [0.5, 0.6) is 0 Å². The molecular formula is C35H58O2. The molecule has 9 saturated carbocycles. The summed E-state index contributed by atoms with van der Waals surface area (Å²) in [7, 11) is 0. The molecule has 210 valence electrons. The third-order valence-corrected chi connectivity index (χ3v) is 16.4. The second-order valence-electron chi connectivity index (χ2n) is 18.6. The fraction of sp³-hybridized carbons (Fsp3) is 0.971. The highest BCUT2D eigenvalue weighted by Gasteiger charge is 2.88. The van der Waals surface area contributed by atoms with Crippen molar-refractivity contribution < 1.29 is 9.53 Å². The van der Waals surface area contributed by atoms with E-state index in [-0.39, 0.29) is 38.5 Å². The van der Waals surface area contributed by atoms with Crippen LogP contribution in [0.4, 0.5) is 0 Å². The van der Waals surface area contributed by atoms with Gasteiger partial charge in [-0.3, -0.25) is 4.79 Å². The molecule has 0 aromatic carbocycles. The molecule has 9 atom stereocenters. The van der Waals surface area contributed by atoms with E-state index < -0.39 is 5.60 Å². The van der Waals surface area contributed by atoms with E-state index in [9.17, 15) is 4.79 Å². The molecule has 2 heteroatoms.